The van der Waals surface area contributed by atoms with Gasteiger partial charge < -0.3 is 9.32 Å². The summed E-state index contributed by atoms with van der Waals surface area (Å²) < 4.78 is 6.21. The van der Waals surface area contributed by atoms with Gasteiger partial charge in [-0.2, -0.15) is 4.68 Å². The Morgan fingerprint density at radius 1 is 1.26 bits per heavy atom. The Morgan fingerprint density at radius 2 is 1.91 bits per heavy atom. The van der Waals surface area contributed by atoms with E-state index in [-0.39, 0.29) is 18.3 Å². The lowest BCUT2D eigenvalue weighted by atomic mass is 9.92. The van der Waals surface area contributed by atoms with Crippen molar-refractivity contribution in [1.29, 1.82) is 0 Å². The molecule has 7 nitrogen and oxygen atoms in total. The third-order valence-corrected chi connectivity index (χ3v) is 4.04. The van der Waals surface area contributed by atoms with Gasteiger partial charge in [-0.15, -0.1) is 5.10 Å². The van der Waals surface area contributed by atoms with Crippen LogP contribution >= 0.6 is 0 Å². The first-order chi connectivity index (χ1) is 11.0. The fraction of sp³-hybridized carbons (Fsp3) is 0.500. The first-order valence-corrected chi connectivity index (χ1v) is 7.79. The molecule has 0 N–H and O–H groups in total. The molecule has 3 rings (SSSR count). The molecule has 2 aromatic rings. The number of hydrogen-bond donors (Lipinski definition) is 0. The van der Waals surface area contributed by atoms with Crippen LogP contribution in [0.4, 0.5) is 0 Å². The molecule has 0 spiro atoms. The van der Waals surface area contributed by atoms with Gasteiger partial charge in [-0.1, -0.05) is 13.8 Å². The molecule has 1 amide bonds. The van der Waals surface area contributed by atoms with Crippen molar-refractivity contribution >= 4 is 5.91 Å². The molecule has 0 radical (unpaired) electrons. The zero-order chi connectivity index (χ0) is 16.4. The minimum atomic E-state index is -0.622. The fourth-order valence-corrected chi connectivity index (χ4v) is 3.11. The molecular weight excluding hydrogens is 296 g/mol. The topological polar surface area (TPSA) is 81.2 Å². The number of carbonyl (C=O) groups excluding carboxylic acids is 1. The van der Waals surface area contributed by atoms with Crippen LogP contribution in [0.15, 0.2) is 33.7 Å². The smallest absolute Gasteiger partial charge is 0.388 e. The summed E-state index contributed by atoms with van der Waals surface area (Å²) in [6, 6.07) is 3.40. The molecule has 0 saturated carbocycles. The lowest BCUT2D eigenvalue weighted by molar-refractivity contribution is -0.134. The SMILES string of the molecule is C[C@@H]1C[C@@H](C)CN(C(=O)Cn2nc(-c3ccncc3)oc2=O)C1. The highest BCUT2D eigenvalue weighted by Crippen LogP contribution is 2.21. The summed E-state index contributed by atoms with van der Waals surface area (Å²) in [7, 11) is 0. The van der Waals surface area contributed by atoms with Crippen molar-refractivity contribution in [2.75, 3.05) is 13.1 Å². The van der Waals surface area contributed by atoms with E-state index in [2.05, 4.69) is 23.9 Å². The van der Waals surface area contributed by atoms with Crippen LogP contribution in [-0.4, -0.2) is 38.7 Å². The Hall–Kier alpha value is -2.44. The van der Waals surface area contributed by atoms with E-state index in [1.54, 1.807) is 24.5 Å². The highest BCUT2D eigenvalue weighted by molar-refractivity contribution is 5.76. The van der Waals surface area contributed by atoms with E-state index >= 15 is 0 Å². The van der Waals surface area contributed by atoms with Gasteiger partial charge in [0.05, 0.1) is 0 Å². The van der Waals surface area contributed by atoms with Crippen molar-refractivity contribution < 1.29 is 9.21 Å². The Morgan fingerprint density at radius 3 is 2.57 bits per heavy atom. The number of likely N-dealkylation sites (tertiary alicyclic amines) is 1. The number of pyridine rings is 1. The number of rotatable bonds is 3. The second-order valence-corrected chi connectivity index (χ2v) is 6.31. The van der Waals surface area contributed by atoms with Gasteiger partial charge >= 0.3 is 5.76 Å². The molecule has 3 heterocycles. The van der Waals surface area contributed by atoms with Crippen molar-refractivity contribution in [2.45, 2.75) is 26.8 Å². The average molecular weight is 316 g/mol. The molecule has 1 fully saturated rings. The number of hydrogen-bond acceptors (Lipinski definition) is 5. The van der Waals surface area contributed by atoms with Gasteiger partial charge in [-0.25, -0.2) is 4.79 Å². The van der Waals surface area contributed by atoms with Crippen LogP contribution in [0.1, 0.15) is 20.3 Å². The van der Waals surface area contributed by atoms with E-state index in [4.69, 9.17) is 4.42 Å². The lowest BCUT2D eigenvalue weighted by Crippen LogP contribution is -2.44. The highest BCUT2D eigenvalue weighted by Gasteiger charge is 2.26. The maximum atomic E-state index is 12.4. The minimum absolute atomic E-state index is 0.0904. The van der Waals surface area contributed by atoms with Crippen molar-refractivity contribution in [3.8, 4) is 11.5 Å². The molecule has 122 valence electrons. The predicted molar refractivity (Wildman–Crippen MR) is 83.5 cm³/mol. The van der Waals surface area contributed by atoms with Crippen molar-refractivity contribution in [1.82, 2.24) is 19.7 Å². The number of piperidine rings is 1. The normalized spacial score (nSPS) is 21.4. The number of nitrogens with zero attached hydrogens (tertiary/aromatic N) is 4. The highest BCUT2D eigenvalue weighted by atomic mass is 16.4. The zero-order valence-electron chi connectivity index (χ0n) is 13.3. The van der Waals surface area contributed by atoms with Crippen LogP contribution in [0.3, 0.4) is 0 Å². The molecule has 2 aromatic heterocycles. The van der Waals surface area contributed by atoms with Crippen molar-refractivity contribution in [3.63, 3.8) is 0 Å². The summed E-state index contributed by atoms with van der Waals surface area (Å²) in [6.07, 6.45) is 4.31. The fourth-order valence-electron chi connectivity index (χ4n) is 3.11. The van der Waals surface area contributed by atoms with Crippen LogP contribution in [0, 0.1) is 11.8 Å². The quantitative estimate of drug-likeness (QED) is 0.855. The zero-order valence-corrected chi connectivity index (χ0v) is 13.3. The summed E-state index contributed by atoms with van der Waals surface area (Å²) in [6.45, 7) is 5.65. The van der Waals surface area contributed by atoms with Crippen LogP contribution in [0.5, 0.6) is 0 Å². The van der Waals surface area contributed by atoms with E-state index in [9.17, 15) is 9.59 Å². The molecule has 0 unspecified atom stereocenters. The third-order valence-electron chi connectivity index (χ3n) is 4.04. The van der Waals surface area contributed by atoms with E-state index in [1.165, 1.54) is 0 Å². The predicted octanol–water partition coefficient (Wildman–Crippen LogP) is 1.40. The standard InChI is InChI=1S/C16H20N4O3/c1-11-7-12(2)9-19(8-11)14(21)10-20-16(22)23-15(18-20)13-3-5-17-6-4-13/h3-6,11-12H,7-10H2,1-2H3/t11-,12-/m1/s1. The monoisotopic (exact) mass is 316 g/mol. The average Bonchev–Trinajstić information content (AvgIpc) is 2.88. The first kappa shape index (κ1) is 15.5. The molecule has 1 aliphatic heterocycles. The van der Waals surface area contributed by atoms with Crippen LogP contribution in [0.25, 0.3) is 11.5 Å². The van der Waals surface area contributed by atoms with Crippen LogP contribution < -0.4 is 5.76 Å². The van der Waals surface area contributed by atoms with Gasteiger partial charge in [0.2, 0.25) is 11.8 Å². The number of carbonyl (C=O) groups is 1. The molecular formula is C16H20N4O3. The molecule has 2 atom stereocenters. The van der Waals surface area contributed by atoms with E-state index in [1.807, 2.05) is 4.90 Å². The first-order valence-electron chi connectivity index (χ1n) is 7.79. The Kier molecular flexibility index (Phi) is 4.27. The van der Waals surface area contributed by atoms with Crippen molar-refractivity contribution in [2.24, 2.45) is 11.8 Å². The van der Waals surface area contributed by atoms with Crippen molar-refractivity contribution in [3.05, 3.63) is 35.1 Å². The van der Waals surface area contributed by atoms with Gasteiger partial charge in [0.15, 0.2) is 0 Å². The molecule has 0 aliphatic carbocycles. The lowest BCUT2D eigenvalue weighted by Gasteiger charge is -2.34. The van der Waals surface area contributed by atoms with Crippen LogP contribution in [-0.2, 0) is 11.3 Å². The summed E-state index contributed by atoms with van der Waals surface area (Å²) in [5.74, 6) is 0.433. The molecule has 23 heavy (non-hydrogen) atoms. The Balaban J connectivity index is 1.74. The maximum Gasteiger partial charge on any atom is 0.437 e. The van der Waals surface area contributed by atoms with Gasteiger partial charge in [0.25, 0.3) is 0 Å². The summed E-state index contributed by atoms with van der Waals surface area (Å²) >= 11 is 0. The molecule has 1 aliphatic rings. The molecule has 0 aromatic carbocycles. The van der Waals surface area contributed by atoms with E-state index < -0.39 is 5.76 Å². The maximum absolute atomic E-state index is 12.4. The Labute approximate surface area is 133 Å². The summed E-state index contributed by atoms with van der Waals surface area (Å²) in [5, 5.41) is 4.12. The number of aromatic nitrogens is 3. The van der Waals surface area contributed by atoms with Gasteiger partial charge in [-0.05, 0) is 30.4 Å². The Bertz CT molecular complexity index is 727. The third kappa shape index (κ3) is 3.49. The van der Waals surface area contributed by atoms with E-state index in [0.29, 0.717) is 17.4 Å². The largest absolute Gasteiger partial charge is 0.437 e. The van der Waals surface area contributed by atoms with Gasteiger partial charge in [0.1, 0.15) is 6.54 Å². The summed E-state index contributed by atoms with van der Waals surface area (Å²) in [4.78, 5) is 30.1. The minimum Gasteiger partial charge on any atom is -0.388 e. The number of amides is 1. The summed E-state index contributed by atoms with van der Waals surface area (Å²) in [5.41, 5.74) is 0.656. The van der Waals surface area contributed by atoms with E-state index in [0.717, 1.165) is 24.2 Å². The van der Waals surface area contributed by atoms with Gasteiger partial charge in [0, 0.05) is 31.0 Å². The second kappa shape index (κ2) is 6.36. The second-order valence-electron chi connectivity index (χ2n) is 6.31. The molecule has 1 saturated heterocycles. The molecule has 7 heteroatoms. The molecule has 0 bridgehead atoms. The van der Waals surface area contributed by atoms with Gasteiger partial charge in [-0.3, -0.25) is 9.78 Å². The van der Waals surface area contributed by atoms with Crippen LogP contribution in [0.2, 0.25) is 0 Å².